The van der Waals surface area contributed by atoms with Gasteiger partial charge < -0.3 is 34.1 Å². The van der Waals surface area contributed by atoms with Crippen LogP contribution in [0.5, 0.6) is 0 Å². The maximum atomic E-state index is 15.7. The second kappa shape index (κ2) is 20.0. The fraction of sp³-hybridized carbons (Fsp3) is 0.500. The van der Waals surface area contributed by atoms with E-state index in [9.17, 15) is 24.0 Å². The van der Waals surface area contributed by atoms with Crippen LogP contribution in [0.3, 0.4) is 0 Å². The minimum absolute atomic E-state index is 0.00966. The summed E-state index contributed by atoms with van der Waals surface area (Å²) in [6, 6.07) is 6.88. The lowest BCUT2D eigenvalue weighted by Gasteiger charge is -2.30. The van der Waals surface area contributed by atoms with Crippen molar-refractivity contribution in [3.63, 3.8) is 0 Å². The smallest absolute Gasteiger partial charge is 0.437 e. The molecule has 2 heterocycles. The molecule has 2 aromatic carbocycles. The number of alkyl carbamates (subject to hydrolysis) is 2. The third-order valence-electron chi connectivity index (χ3n) is 8.91. The zero-order chi connectivity index (χ0) is 47.9. The van der Waals surface area contributed by atoms with Gasteiger partial charge in [0.25, 0.3) is 5.91 Å². The van der Waals surface area contributed by atoms with Crippen LogP contribution in [0, 0.1) is 18.6 Å². The van der Waals surface area contributed by atoms with Crippen LogP contribution in [0.15, 0.2) is 52.5 Å². The Morgan fingerprint density at radius 1 is 0.594 bits per heavy atom. The first-order chi connectivity index (χ1) is 29.4. The molecule has 4 rings (SSSR count). The van der Waals surface area contributed by atoms with Crippen LogP contribution in [0.4, 0.5) is 33.6 Å². The molecule has 0 aliphatic carbocycles. The number of guanidine groups is 2. The lowest BCUT2D eigenvalue weighted by Crippen LogP contribution is -2.48. The highest BCUT2D eigenvalue weighted by atomic mass is 19.1. The first kappa shape index (κ1) is 50.3. The molecule has 348 valence electrons. The number of hydrogen-bond acceptors (Lipinski definition) is 9. The number of benzene rings is 2. The Labute approximate surface area is 373 Å². The van der Waals surface area contributed by atoms with Crippen LogP contribution in [-0.2, 0) is 18.9 Å². The van der Waals surface area contributed by atoms with Gasteiger partial charge in [0.05, 0.1) is 0 Å². The average Bonchev–Trinajstić information content (AvgIpc) is 3.12. The molecule has 2 aliphatic heterocycles. The molecule has 0 saturated heterocycles. The van der Waals surface area contributed by atoms with E-state index < -0.39 is 64.3 Å². The molecule has 0 fully saturated rings. The highest BCUT2D eigenvalue weighted by molar-refractivity contribution is 6.05. The van der Waals surface area contributed by atoms with E-state index in [1.807, 2.05) is 0 Å². The number of carbonyl (C=O) groups excluding carboxylic acids is 5. The standard InChI is InChI=1S/C46H61F2N7O9/c1-27-24-32(29-18-22-55(23-19-29)38(52-41(59)63-45(8,9)10)53-42(60)64-46(11,12)13)34(48)26-35(27)49-36(56)30-14-15-31(33(47)25-30)28-16-20-54(21-17-28)37(50-39(57)61-43(2,3)4)51-40(58)62-44(5,6)7/h14-16,18,24-26H,17,19-23H2,1-13H3,(H,49,56)(H,50,51,57,58)(H,52,53,59,60). The van der Waals surface area contributed by atoms with Crippen LogP contribution >= 0.6 is 0 Å². The van der Waals surface area contributed by atoms with Gasteiger partial charge in [0.1, 0.15) is 34.0 Å². The molecule has 64 heavy (non-hydrogen) atoms. The summed E-state index contributed by atoms with van der Waals surface area (Å²) in [4.78, 5) is 75.0. The Balaban J connectivity index is 1.46. The molecule has 0 saturated carbocycles. The van der Waals surface area contributed by atoms with E-state index in [-0.39, 0.29) is 54.9 Å². The summed E-state index contributed by atoms with van der Waals surface area (Å²) in [6.45, 7) is 22.8. The Bertz CT molecular complexity index is 2260. The second-order valence-corrected chi connectivity index (χ2v) is 19.2. The monoisotopic (exact) mass is 893 g/mol. The Kier molecular flexibility index (Phi) is 15.7. The molecular formula is C46H61F2N7O9. The zero-order valence-electron chi connectivity index (χ0n) is 39.0. The van der Waals surface area contributed by atoms with Crippen LogP contribution < -0.4 is 16.0 Å². The highest BCUT2D eigenvalue weighted by Gasteiger charge is 2.28. The molecule has 0 atom stereocenters. The fourth-order valence-electron chi connectivity index (χ4n) is 6.27. The summed E-state index contributed by atoms with van der Waals surface area (Å²) in [5.41, 5.74) is -0.655. The van der Waals surface area contributed by atoms with Gasteiger partial charge in [-0.05, 0) is 144 Å². The van der Waals surface area contributed by atoms with Crippen molar-refractivity contribution in [2.24, 2.45) is 9.98 Å². The summed E-state index contributed by atoms with van der Waals surface area (Å²) >= 11 is 0. The number of aliphatic imine (C=N–C) groups is 2. The lowest BCUT2D eigenvalue weighted by atomic mass is 9.96. The van der Waals surface area contributed by atoms with E-state index >= 15 is 8.78 Å². The third kappa shape index (κ3) is 15.8. The van der Waals surface area contributed by atoms with Gasteiger partial charge in [-0.15, -0.1) is 9.98 Å². The second-order valence-electron chi connectivity index (χ2n) is 19.2. The molecule has 2 aromatic rings. The molecule has 18 heteroatoms. The van der Waals surface area contributed by atoms with Gasteiger partial charge in [0.15, 0.2) is 0 Å². The lowest BCUT2D eigenvalue weighted by molar-refractivity contribution is 0.0536. The van der Waals surface area contributed by atoms with E-state index in [4.69, 9.17) is 18.9 Å². The van der Waals surface area contributed by atoms with Crippen molar-refractivity contribution >= 4 is 59.0 Å². The van der Waals surface area contributed by atoms with E-state index in [1.54, 1.807) is 118 Å². The maximum Gasteiger partial charge on any atom is 0.437 e. The van der Waals surface area contributed by atoms with Gasteiger partial charge in [-0.1, -0.05) is 18.2 Å². The van der Waals surface area contributed by atoms with E-state index in [0.29, 0.717) is 35.1 Å². The summed E-state index contributed by atoms with van der Waals surface area (Å²) in [6.07, 6.45) is 0.650. The van der Waals surface area contributed by atoms with E-state index in [2.05, 4.69) is 25.9 Å². The summed E-state index contributed by atoms with van der Waals surface area (Å²) < 4.78 is 52.7. The largest absolute Gasteiger partial charge is 0.444 e. The molecule has 5 amide bonds. The number of anilines is 1. The van der Waals surface area contributed by atoms with Gasteiger partial charge in [-0.3, -0.25) is 15.4 Å². The van der Waals surface area contributed by atoms with Crippen LogP contribution in [0.2, 0.25) is 0 Å². The summed E-state index contributed by atoms with van der Waals surface area (Å²) in [7, 11) is 0. The number of nitrogens with one attached hydrogen (secondary N) is 3. The number of rotatable bonds is 4. The Hall–Kier alpha value is -6.33. The van der Waals surface area contributed by atoms with Crippen LogP contribution in [0.1, 0.15) is 123 Å². The highest BCUT2D eigenvalue weighted by Crippen LogP contribution is 2.31. The molecule has 3 N–H and O–H groups in total. The third-order valence-corrected chi connectivity index (χ3v) is 8.91. The number of amides is 5. The van der Waals surface area contributed by atoms with Gasteiger partial charge in [-0.2, -0.15) is 0 Å². The number of nitrogens with zero attached hydrogens (tertiary/aromatic N) is 4. The molecule has 2 aliphatic rings. The topological polar surface area (TPSA) is 190 Å². The molecule has 0 unspecified atom stereocenters. The van der Waals surface area contributed by atoms with Crippen LogP contribution in [-0.4, -0.2) is 101 Å². The van der Waals surface area contributed by atoms with Gasteiger partial charge in [0.2, 0.25) is 11.9 Å². The van der Waals surface area contributed by atoms with Crippen molar-refractivity contribution in [1.29, 1.82) is 0 Å². The minimum Gasteiger partial charge on any atom is -0.444 e. The SMILES string of the molecule is Cc1cc(C2=CCN(/C(=N/C(=O)OC(C)(C)C)NC(=O)OC(C)(C)C)CC2)c(F)cc1NC(=O)c1ccc(C2=CCN(/C(=N/C(=O)OC(C)(C)C)NC(=O)OC(C)(C)C)CC2)c(F)c1. The molecule has 0 bridgehead atoms. The zero-order valence-corrected chi connectivity index (χ0v) is 39.0. The first-order valence-electron chi connectivity index (χ1n) is 20.9. The van der Waals surface area contributed by atoms with Crippen molar-refractivity contribution in [2.75, 3.05) is 31.5 Å². The minimum atomic E-state index is -0.910. The van der Waals surface area contributed by atoms with Crippen molar-refractivity contribution < 1.29 is 51.7 Å². The molecule has 0 aromatic heterocycles. The van der Waals surface area contributed by atoms with Gasteiger partial charge >= 0.3 is 24.4 Å². The van der Waals surface area contributed by atoms with Crippen molar-refractivity contribution in [1.82, 2.24) is 20.4 Å². The first-order valence-corrected chi connectivity index (χ1v) is 20.9. The Morgan fingerprint density at radius 3 is 1.41 bits per heavy atom. The van der Waals surface area contributed by atoms with Gasteiger partial charge in [-0.25, -0.2) is 28.0 Å². The quantitative estimate of drug-likeness (QED) is 0.151. The normalized spacial score (nSPS) is 15.4. The van der Waals surface area contributed by atoms with E-state index in [1.165, 1.54) is 18.2 Å². The van der Waals surface area contributed by atoms with Crippen molar-refractivity contribution in [3.05, 3.63) is 76.4 Å². The van der Waals surface area contributed by atoms with Crippen molar-refractivity contribution in [2.45, 2.75) is 125 Å². The number of carbonyl (C=O) groups is 5. The average molecular weight is 894 g/mol. The number of hydrogen-bond donors (Lipinski definition) is 3. The number of ether oxygens (including phenoxy) is 4. The maximum absolute atomic E-state index is 15.7. The molecule has 0 radical (unpaired) electrons. The summed E-state index contributed by atoms with van der Waals surface area (Å²) in [5.74, 6) is -2.07. The Morgan fingerprint density at radius 2 is 1.02 bits per heavy atom. The van der Waals surface area contributed by atoms with E-state index in [0.717, 1.165) is 6.07 Å². The fourth-order valence-corrected chi connectivity index (χ4v) is 6.27. The van der Waals surface area contributed by atoms with Gasteiger partial charge in [0, 0.05) is 48.6 Å². The molecule has 16 nitrogen and oxygen atoms in total. The summed E-state index contributed by atoms with van der Waals surface area (Å²) in [5, 5.41) is 7.75. The van der Waals surface area contributed by atoms with Crippen LogP contribution in [0.25, 0.3) is 11.1 Å². The van der Waals surface area contributed by atoms with Crippen molar-refractivity contribution in [3.8, 4) is 0 Å². The number of halogens is 2. The predicted molar refractivity (Wildman–Crippen MR) is 240 cm³/mol. The molecule has 0 spiro atoms. The molecular weight excluding hydrogens is 833 g/mol. The number of aryl methyl sites for hydroxylation is 1. The predicted octanol–water partition coefficient (Wildman–Crippen LogP) is 9.34.